The van der Waals surface area contributed by atoms with Gasteiger partial charge in [-0.25, -0.2) is 0 Å². The first kappa shape index (κ1) is 11.9. The molecule has 9 heavy (non-hydrogen) atoms. The highest BCUT2D eigenvalue weighted by molar-refractivity contribution is 7.22. The van der Waals surface area contributed by atoms with Crippen molar-refractivity contribution in [3.8, 4) is 0 Å². The Morgan fingerprint density at radius 1 is 1.78 bits per heavy atom. The maximum absolute atomic E-state index is 10.1. The van der Waals surface area contributed by atoms with Gasteiger partial charge in [0, 0.05) is 6.42 Å². The first-order chi connectivity index (χ1) is 4.22. The zero-order valence-corrected chi connectivity index (χ0v) is 8.29. The van der Waals surface area contributed by atoms with E-state index in [0.29, 0.717) is 6.42 Å². The lowest BCUT2D eigenvalue weighted by Gasteiger charge is -1.75. The molecule has 0 saturated heterocycles. The van der Waals surface area contributed by atoms with Gasteiger partial charge in [-0.2, -0.15) is 22.2 Å². The second-order valence-corrected chi connectivity index (χ2v) is 3.75. The molecule has 0 atom stereocenters. The minimum Gasteiger partial charge on any atom is -0.295 e. The zero-order chi connectivity index (χ0) is 7.70. The van der Waals surface area contributed by atoms with Crippen molar-refractivity contribution in [2.75, 3.05) is 0 Å². The number of hydrogen-bond acceptors (Lipinski definition) is 1. The summed E-state index contributed by atoms with van der Waals surface area (Å²) in [7, 11) is -0.639. The predicted molar refractivity (Wildman–Crippen MR) is 45.7 cm³/mol. The van der Waals surface area contributed by atoms with Gasteiger partial charge in [0.25, 0.3) is 0 Å². The van der Waals surface area contributed by atoms with Crippen molar-refractivity contribution in [2.45, 2.75) is 13.3 Å². The van der Waals surface area contributed by atoms with Crippen LogP contribution in [0.15, 0.2) is 12.7 Å². The molecular weight excluding hydrogens is 175 g/mol. The van der Waals surface area contributed by atoms with E-state index in [0.717, 1.165) is 0 Å². The highest BCUT2D eigenvalue weighted by atomic mass is 35.7. The molecule has 0 aromatic rings. The standard InChI is InChI=1S/C5H8O.Cl2H2Si/c1-3-5(6)4-2;1-3-2/h3H,1,4H2,2H3;3H2. The number of halogens is 2. The first-order valence-corrected chi connectivity index (χ1v) is 6.77. The fraction of sp³-hybridized carbons (Fsp3) is 0.400. The number of hydrogen-bond donors (Lipinski definition) is 0. The van der Waals surface area contributed by atoms with Gasteiger partial charge in [-0.05, 0) is 6.08 Å². The van der Waals surface area contributed by atoms with Crippen LogP contribution in [0.2, 0.25) is 0 Å². The molecule has 0 aliphatic rings. The average Bonchev–Trinajstić information content (AvgIpc) is 1.88. The molecule has 54 valence electrons. The van der Waals surface area contributed by atoms with E-state index in [9.17, 15) is 4.79 Å². The third-order valence-corrected chi connectivity index (χ3v) is 0.576. The number of rotatable bonds is 2. The molecule has 1 nitrogen and oxygen atoms in total. The molecule has 0 unspecified atom stereocenters. The molecule has 0 aromatic carbocycles. The Balaban J connectivity index is 0. The van der Waals surface area contributed by atoms with Gasteiger partial charge in [0.2, 0.25) is 8.14 Å². The van der Waals surface area contributed by atoms with E-state index in [1.54, 1.807) is 0 Å². The summed E-state index contributed by atoms with van der Waals surface area (Å²) in [6, 6.07) is 0. The van der Waals surface area contributed by atoms with E-state index in [1.165, 1.54) is 6.08 Å². The van der Waals surface area contributed by atoms with E-state index in [2.05, 4.69) is 6.58 Å². The minimum absolute atomic E-state index is 0.106. The van der Waals surface area contributed by atoms with Gasteiger partial charge in [0.05, 0.1) is 0 Å². The normalized spacial score (nSPS) is 7.00. The van der Waals surface area contributed by atoms with E-state index in [-0.39, 0.29) is 5.78 Å². The first-order valence-electron chi connectivity index (χ1n) is 2.50. The number of carbonyl (C=O) groups excluding carboxylic acids is 1. The molecule has 0 radical (unpaired) electrons. The molecule has 0 amide bonds. The van der Waals surface area contributed by atoms with Crippen LogP contribution in [0.4, 0.5) is 0 Å². The van der Waals surface area contributed by atoms with Crippen LogP contribution in [0.25, 0.3) is 0 Å². The van der Waals surface area contributed by atoms with Crippen LogP contribution in [0.3, 0.4) is 0 Å². The van der Waals surface area contributed by atoms with Crippen molar-refractivity contribution < 1.29 is 4.79 Å². The lowest BCUT2D eigenvalue weighted by molar-refractivity contribution is -0.114. The largest absolute Gasteiger partial charge is 0.295 e. The number of carbonyl (C=O) groups is 1. The Kier molecular flexibility index (Phi) is 14.7. The summed E-state index contributed by atoms with van der Waals surface area (Å²) >= 11 is 9.81. The molecule has 0 aliphatic heterocycles. The lowest BCUT2D eigenvalue weighted by atomic mass is 10.3. The van der Waals surface area contributed by atoms with Crippen molar-refractivity contribution in [1.29, 1.82) is 0 Å². The van der Waals surface area contributed by atoms with Gasteiger partial charge in [-0.3, -0.25) is 4.79 Å². The molecule has 0 aliphatic carbocycles. The average molecular weight is 185 g/mol. The van der Waals surface area contributed by atoms with E-state index in [4.69, 9.17) is 22.2 Å². The summed E-state index contributed by atoms with van der Waals surface area (Å²) < 4.78 is 0. The Morgan fingerprint density at radius 2 is 2.11 bits per heavy atom. The summed E-state index contributed by atoms with van der Waals surface area (Å²) in [4.78, 5) is 10.1. The van der Waals surface area contributed by atoms with Crippen molar-refractivity contribution in [1.82, 2.24) is 0 Å². The van der Waals surface area contributed by atoms with Crippen molar-refractivity contribution in [3.63, 3.8) is 0 Å². The van der Waals surface area contributed by atoms with E-state index < -0.39 is 8.14 Å². The number of ketones is 1. The minimum atomic E-state index is -0.639. The molecule has 0 aromatic heterocycles. The molecule has 0 N–H and O–H groups in total. The predicted octanol–water partition coefficient (Wildman–Crippen LogP) is 1.61. The monoisotopic (exact) mass is 184 g/mol. The molecular formula is C5H10Cl2OSi. The third-order valence-electron chi connectivity index (χ3n) is 0.576. The van der Waals surface area contributed by atoms with Gasteiger partial charge >= 0.3 is 0 Å². The van der Waals surface area contributed by atoms with Crippen molar-refractivity contribution in [2.24, 2.45) is 0 Å². The van der Waals surface area contributed by atoms with Crippen molar-refractivity contribution in [3.05, 3.63) is 12.7 Å². The molecule has 0 spiro atoms. The van der Waals surface area contributed by atoms with Crippen LogP contribution in [-0.4, -0.2) is 13.9 Å². The van der Waals surface area contributed by atoms with E-state index in [1.807, 2.05) is 6.92 Å². The van der Waals surface area contributed by atoms with Gasteiger partial charge in [-0.1, -0.05) is 13.5 Å². The Hall–Kier alpha value is 0.207. The van der Waals surface area contributed by atoms with Crippen LogP contribution in [0.5, 0.6) is 0 Å². The second-order valence-electron chi connectivity index (χ2n) is 1.13. The zero-order valence-electron chi connectivity index (χ0n) is 5.36. The molecule has 0 heterocycles. The maximum atomic E-state index is 10.1. The molecule has 0 saturated carbocycles. The van der Waals surface area contributed by atoms with E-state index >= 15 is 0 Å². The van der Waals surface area contributed by atoms with Crippen LogP contribution in [0.1, 0.15) is 13.3 Å². The molecule has 4 heteroatoms. The van der Waals surface area contributed by atoms with Crippen LogP contribution in [-0.2, 0) is 4.79 Å². The van der Waals surface area contributed by atoms with Crippen LogP contribution < -0.4 is 0 Å². The Morgan fingerprint density at radius 3 is 2.11 bits per heavy atom. The van der Waals surface area contributed by atoms with Gasteiger partial charge in [-0.15, -0.1) is 0 Å². The quantitative estimate of drug-likeness (QED) is 0.363. The summed E-state index contributed by atoms with van der Waals surface area (Å²) in [5.41, 5.74) is 0. The lowest BCUT2D eigenvalue weighted by Crippen LogP contribution is -1.83. The Bertz CT molecular complexity index is 85.0. The summed E-state index contributed by atoms with van der Waals surface area (Å²) in [5, 5.41) is 0. The summed E-state index contributed by atoms with van der Waals surface area (Å²) in [6.07, 6.45) is 1.91. The summed E-state index contributed by atoms with van der Waals surface area (Å²) in [6.45, 7) is 5.09. The number of allylic oxidation sites excluding steroid dienone is 1. The summed E-state index contributed by atoms with van der Waals surface area (Å²) in [5.74, 6) is 0.106. The maximum Gasteiger partial charge on any atom is 0.222 e. The molecule has 0 fully saturated rings. The van der Waals surface area contributed by atoms with Crippen molar-refractivity contribution >= 4 is 36.1 Å². The van der Waals surface area contributed by atoms with Gasteiger partial charge in [0.15, 0.2) is 5.78 Å². The Labute approximate surface area is 67.3 Å². The smallest absolute Gasteiger partial charge is 0.222 e. The fourth-order valence-electron chi connectivity index (χ4n) is 0.144. The van der Waals surface area contributed by atoms with Gasteiger partial charge in [0.1, 0.15) is 0 Å². The highest BCUT2D eigenvalue weighted by Gasteiger charge is 1.81. The van der Waals surface area contributed by atoms with Crippen LogP contribution in [0, 0.1) is 0 Å². The third kappa shape index (κ3) is 17.9. The SMILES string of the molecule is C=CC(=O)CC.Cl[SiH2]Cl. The van der Waals surface area contributed by atoms with Gasteiger partial charge < -0.3 is 0 Å². The molecule has 0 rings (SSSR count). The second kappa shape index (κ2) is 11.1. The topological polar surface area (TPSA) is 17.1 Å². The highest BCUT2D eigenvalue weighted by Crippen LogP contribution is 1.76. The fourth-order valence-corrected chi connectivity index (χ4v) is 0.144. The molecule has 0 bridgehead atoms. The van der Waals surface area contributed by atoms with Crippen LogP contribution >= 0.6 is 22.2 Å².